The number of hydrogen-bond donors (Lipinski definition) is 1. The summed E-state index contributed by atoms with van der Waals surface area (Å²) in [6.45, 7) is 8.91. The summed E-state index contributed by atoms with van der Waals surface area (Å²) in [5, 5.41) is 4.69. The minimum atomic E-state index is 0.566. The van der Waals surface area contributed by atoms with Crippen molar-refractivity contribution in [2.75, 3.05) is 46.0 Å². The van der Waals surface area contributed by atoms with E-state index in [1.165, 1.54) is 6.54 Å². The molecule has 2 aliphatic heterocycles. The lowest BCUT2D eigenvalue weighted by Gasteiger charge is -2.36. The molecule has 2 heterocycles. The van der Waals surface area contributed by atoms with E-state index in [2.05, 4.69) is 43.1 Å². The van der Waals surface area contributed by atoms with E-state index in [9.17, 15) is 0 Å². The average molecular weight is 270 g/mol. The standard InChI is InChI=1S/C13H26N4S/c1-10(2)12-9-18-13(15-12)14-7-11-8-16(3)5-6-17(11)4/h10-12H,5-9H2,1-4H3,(H,14,15). The third-order valence-corrected chi connectivity index (χ3v) is 4.99. The van der Waals surface area contributed by atoms with Crippen LogP contribution in [0.2, 0.25) is 0 Å². The van der Waals surface area contributed by atoms with Gasteiger partial charge in [-0.1, -0.05) is 25.6 Å². The molecule has 2 aliphatic rings. The van der Waals surface area contributed by atoms with Gasteiger partial charge < -0.3 is 10.2 Å². The van der Waals surface area contributed by atoms with Gasteiger partial charge in [0.2, 0.25) is 0 Å². The molecule has 2 saturated heterocycles. The summed E-state index contributed by atoms with van der Waals surface area (Å²) < 4.78 is 0. The van der Waals surface area contributed by atoms with E-state index in [-0.39, 0.29) is 0 Å². The summed E-state index contributed by atoms with van der Waals surface area (Å²) >= 11 is 1.88. The molecule has 2 unspecified atom stereocenters. The minimum absolute atomic E-state index is 0.566. The number of amidine groups is 1. The lowest BCUT2D eigenvalue weighted by atomic mass is 10.1. The van der Waals surface area contributed by atoms with Crippen molar-refractivity contribution in [3.63, 3.8) is 0 Å². The molecule has 1 N–H and O–H groups in total. The van der Waals surface area contributed by atoms with Gasteiger partial charge in [0.25, 0.3) is 0 Å². The molecule has 0 aromatic rings. The molecular weight excluding hydrogens is 244 g/mol. The third kappa shape index (κ3) is 3.62. The molecule has 0 saturated carbocycles. The predicted octanol–water partition coefficient (Wildman–Crippen LogP) is 0.949. The number of nitrogens with one attached hydrogen (secondary N) is 1. The summed E-state index contributed by atoms with van der Waals surface area (Å²) in [5.41, 5.74) is 0. The van der Waals surface area contributed by atoms with Crippen molar-refractivity contribution >= 4 is 16.9 Å². The van der Waals surface area contributed by atoms with Crippen LogP contribution in [0.3, 0.4) is 0 Å². The normalized spacial score (nSPS) is 33.3. The summed E-state index contributed by atoms with van der Waals surface area (Å²) in [6, 6.07) is 1.16. The minimum Gasteiger partial charge on any atom is -0.361 e. The van der Waals surface area contributed by atoms with Crippen LogP contribution in [0, 0.1) is 5.92 Å². The number of likely N-dealkylation sites (N-methyl/N-ethyl adjacent to an activating group) is 2. The Balaban J connectivity index is 1.83. The average Bonchev–Trinajstić information content (AvgIpc) is 2.79. The van der Waals surface area contributed by atoms with E-state index in [1.54, 1.807) is 0 Å². The molecule has 0 amide bonds. The maximum atomic E-state index is 4.76. The first kappa shape index (κ1) is 14.2. The molecule has 0 spiro atoms. The van der Waals surface area contributed by atoms with E-state index >= 15 is 0 Å². The number of hydrogen-bond acceptors (Lipinski definition) is 4. The Hall–Kier alpha value is -0.260. The molecule has 0 radical (unpaired) electrons. The van der Waals surface area contributed by atoms with Gasteiger partial charge in [-0.15, -0.1) is 0 Å². The molecule has 18 heavy (non-hydrogen) atoms. The van der Waals surface area contributed by atoms with Crippen LogP contribution in [-0.4, -0.2) is 73.1 Å². The Labute approximate surface area is 115 Å². The van der Waals surface area contributed by atoms with Crippen molar-refractivity contribution in [1.29, 1.82) is 0 Å². The molecular formula is C13H26N4S. The molecule has 2 atom stereocenters. The summed E-state index contributed by atoms with van der Waals surface area (Å²) in [5.74, 6) is 1.85. The van der Waals surface area contributed by atoms with Gasteiger partial charge in [-0.3, -0.25) is 9.89 Å². The molecule has 4 nitrogen and oxygen atoms in total. The quantitative estimate of drug-likeness (QED) is 0.827. The zero-order valence-electron chi connectivity index (χ0n) is 12.0. The van der Waals surface area contributed by atoms with Crippen molar-refractivity contribution < 1.29 is 0 Å². The van der Waals surface area contributed by atoms with Gasteiger partial charge in [0, 0.05) is 37.5 Å². The molecule has 0 aromatic heterocycles. The first-order valence-electron chi connectivity index (χ1n) is 6.89. The molecule has 5 heteroatoms. The SMILES string of the molecule is CC(C)C1CSC(=NCC2CN(C)CCN2C)N1. The lowest BCUT2D eigenvalue weighted by Crippen LogP contribution is -2.51. The van der Waals surface area contributed by atoms with Crippen LogP contribution in [0.25, 0.3) is 0 Å². The maximum Gasteiger partial charge on any atom is 0.156 e. The summed E-state index contributed by atoms with van der Waals surface area (Å²) in [4.78, 5) is 9.60. The summed E-state index contributed by atoms with van der Waals surface area (Å²) in [6.07, 6.45) is 0. The maximum absolute atomic E-state index is 4.76. The Morgan fingerprint density at radius 1 is 1.39 bits per heavy atom. The Morgan fingerprint density at radius 3 is 2.83 bits per heavy atom. The van der Waals surface area contributed by atoms with Gasteiger partial charge in [0.05, 0.1) is 6.54 Å². The number of aliphatic imine (C=N–C) groups is 1. The van der Waals surface area contributed by atoms with Crippen molar-refractivity contribution in [3.8, 4) is 0 Å². The van der Waals surface area contributed by atoms with Crippen LogP contribution in [0.15, 0.2) is 4.99 Å². The van der Waals surface area contributed by atoms with Gasteiger partial charge in [0.1, 0.15) is 0 Å². The van der Waals surface area contributed by atoms with E-state index in [0.29, 0.717) is 18.0 Å². The van der Waals surface area contributed by atoms with Crippen molar-refractivity contribution in [2.24, 2.45) is 10.9 Å². The zero-order valence-corrected chi connectivity index (χ0v) is 12.8. The fraction of sp³-hybridized carbons (Fsp3) is 0.923. The fourth-order valence-electron chi connectivity index (χ4n) is 2.35. The highest BCUT2D eigenvalue weighted by Gasteiger charge is 2.25. The fourth-order valence-corrected chi connectivity index (χ4v) is 3.55. The van der Waals surface area contributed by atoms with E-state index in [4.69, 9.17) is 4.99 Å². The van der Waals surface area contributed by atoms with E-state index < -0.39 is 0 Å². The third-order valence-electron chi connectivity index (χ3n) is 3.94. The smallest absolute Gasteiger partial charge is 0.156 e. The Morgan fingerprint density at radius 2 is 2.17 bits per heavy atom. The first-order valence-corrected chi connectivity index (χ1v) is 7.87. The first-order chi connectivity index (χ1) is 8.56. The Kier molecular flexibility index (Phi) is 4.92. The molecule has 104 valence electrons. The second-order valence-corrected chi connectivity index (χ2v) is 6.86. The summed E-state index contributed by atoms with van der Waals surface area (Å²) in [7, 11) is 4.41. The van der Waals surface area contributed by atoms with E-state index in [1.807, 2.05) is 11.8 Å². The molecule has 2 rings (SSSR count). The van der Waals surface area contributed by atoms with Crippen molar-refractivity contribution in [1.82, 2.24) is 15.1 Å². The van der Waals surface area contributed by atoms with Crippen molar-refractivity contribution in [3.05, 3.63) is 0 Å². The van der Waals surface area contributed by atoms with Gasteiger partial charge in [-0.25, -0.2) is 0 Å². The van der Waals surface area contributed by atoms with Crippen LogP contribution >= 0.6 is 11.8 Å². The highest BCUT2D eigenvalue weighted by atomic mass is 32.2. The van der Waals surface area contributed by atoms with Crippen molar-refractivity contribution in [2.45, 2.75) is 25.9 Å². The number of thioether (sulfide) groups is 1. The monoisotopic (exact) mass is 270 g/mol. The van der Waals surface area contributed by atoms with Crippen LogP contribution in [0.5, 0.6) is 0 Å². The van der Waals surface area contributed by atoms with Gasteiger partial charge in [-0.2, -0.15) is 0 Å². The molecule has 2 fully saturated rings. The topological polar surface area (TPSA) is 30.9 Å². The number of nitrogens with zero attached hydrogens (tertiary/aromatic N) is 3. The molecule has 0 aromatic carbocycles. The molecule has 0 bridgehead atoms. The lowest BCUT2D eigenvalue weighted by molar-refractivity contribution is 0.119. The highest BCUT2D eigenvalue weighted by Crippen LogP contribution is 2.19. The predicted molar refractivity (Wildman–Crippen MR) is 80.4 cm³/mol. The number of rotatable bonds is 3. The van der Waals surface area contributed by atoms with Crippen LogP contribution in [0.1, 0.15) is 13.8 Å². The second-order valence-electron chi connectivity index (χ2n) is 5.85. The Bertz CT molecular complexity index is 305. The van der Waals surface area contributed by atoms with Gasteiger partial charge in [0.15, 0.2) is 5.17 Å². The van der Waals surface area contributed by atoms with Gasteiger partial charge >= 0.3 is 0 Å². The number of piperazine rings is 1. The highest BCUT2D eigenvalue weighted by molar-refractivity contribution is 8.14. The van der Waals surface area contributed by atoms with Crippen LogP contribution in [0.4, 0.5) is 0 Å². The second kappa shape index (κ2) is 6.26. The zero-order chi connectivity index (χ0) is 13.1. The van der Waals surface area contributed by atoms with Crippen LogP contribution in [-0.2, 0) is 0 Å². The van der Waals surface area contributed by atoms with Gasteiger partial charge in [-0.05, 0) is 20.0 Å². The largest absolute Gasteiger partial charge is 0.361 e. The van der Waals surface area contributed by atoms with E-state index in [0.717, 1.165) is 30.6 Å². The molecule has 0 aliphatic carbocycles. The van der Waals surface area contributed by atoms with Crippen LogP contribution < -0.4 is 5.32 Å².